The fourth-order valence-electron chi connectivity index (χ4n) is 4.46. The van der Waals surface area contributed by atoms with Crippen LogP contribution < -0.4 is 14.9 Å². The van der Waals surface area contributed by atoms with Crippen LogP contribution in [0.25, 0.3) is 17.4 Å². The van der Waals surface area contributed by atoms with Crippen molar-refractivity contribution in [1.29, 1.82) is 0 Å². The first-order valence-corrected chi connectivity index (χ1v) is 14.3. The van der Waals surface area contributed by atoms with E-state index in [1.807, 2.05) is 30.5 Å². The molecule has 0 bridgehead atoms. The second kappa shape index (κ2) is 11.0. The number of thiazole rings is 1. The molecule has 0 amide bonds. The van der Waals surface area contributed by atoms with Crippen LogP contribution >= 0.6 is 23.1 Å². The third-order valence-corrected chi connectivity index (χ3v) is 8.05. The van der Waals surface area contributed by atoms with Crippen molar-refractivity contribution in [2.75, 3.05) is 12.9 Å². The first-order valence-electron chi connectivity index (χ1n) is 12.2. The van der Waals surface area contributed by atoms with Crippen LogP contribution in [0.4, 0.5) is 13.2 Å². The van der Waals surface area contributed by atoms with Crippen molar-refractivity contribution in [1.82, 2.24) is 4.57 Å². The standard InChI is InChI=1S/C29H23F3N2O4S2/c1-4-37-27(36)24-16(2)33-28-34(25(24)17-8-11-21(39-3)12-9-17)26(35)23(40-28)15-20-10-13-22(38-20)18-6-5-7-19(14-18)29(30,31)32/h5-15,25H,4H2,1-3H3/b23-15-/t25-/m1/s1. The van der Waals surface area contributed by atoms with Gasteiger partial charge in [-0.15, -0.1) is 11.8 Å². The topological polar surface area (TPSA) is 73.8 Å². The summed E-state index contributed by atoms with van der Waals surface area (Å²) in [7, 11) is 0. The summed E-state index contributed by atoms with van der Waals surface area (Å²) in [5, 5.41) is 0. The van der Waals surface area contributed by atoms with Gasteiger partial charge in [0.2, 0.25) is 0 Å². The SMILES string of the molecule is CCOC(=O)C1=C(C)N=c2s/c(=C\c3ccc(-c4cccc(C(F)(F)F)c4)o3)c(=O)n2[C@@H]1c1ccc(SC)cc1. The van der Waals surface area contributed by atoms with Gasteiger partial charge in [0.25, 0.3) is 5.56 Å². The molecule has 11 heteroatoms. The Morgan fingerprint density at radius 1 is 1.18 bits per heavy atom. The highest BCUT2D eigenvalue weighted by Gasteiger charge is 2.33. The Labute approximate surface area is 235 Å². The van der Waals surface area contributed by atoms with Gasteiger partial charge < -0.3 is 9.15 Å². The number of halogens is 3. The molecule has 0 aliphatic carbocycles. The zero-order chi connectivity index (χ0) is 28.6. The molecule has 0 unspecified atom stereocenters. The minimum absolute atomic E-state index is 0.171. The Hall–Kier alpha value is -3.83. The second-order valence-corrected chi connectivity index (χ2v) is 10.7. The van der Waals surface area contributed by atoms with Gasteiger partial charge in [0.15, 0.2) is 4.80 Å². The summed E-state index contributed by atoms with van der Waals surface area (Å²) in [4.78, 5) is 32.7. The van der Waals surface area contributed by atoms with E-state index in [-0.39, 0.29) is 29.1 Å². The number of esters is 1. The number of allylic oxidation sites excluding steroid dienone is 1. The quantitative estimate of drug-likeness (QED) is 0.212. The summed E-state index contributed by atoms with van der Waals surface area (Å²) in [6.45, 7) is 3.59. The summed E-state index contributed by atoms with van der Waals surface area (Å²) in [5.74, 6) is -0.0223. The smallest absolute Gasteiger partial charge is 0.416 e. The average molecular weight is 585 g/mol. The molecule has 4 aromatic rings. The summed E-state index contributed by atoms with van der Waals surface area (Å²) in [5.41, 5.74) is 0.563. The number of furan rings is 1. The van der Waals surface area contributed by atoms with E-state index in [1.54, 1.807) is 37.7 Å². The number of hydrogen-bond acceptors (Lipinski definition) is 7. The molecule has 40 heavy (non-hydrogen) atoms. The first-order chi connectivity index (χ1) is 19.1. The molecule has 3 heterocycles. The third-order valence-electron chi connectivity index (χ3n) is 6.32. The molecule has 6 nitrogen and oxygen atoms in total. The second-order valence-electron chi connectivity index (χ2n) is 8.86. The van der Waals surface area contributed by atoms with Crippen molar-refractivity contribution in [3.63, 3.8) is 0 Å². The zero-order valence-electron chi connectivity index (χ0n) is 21.6. The Morgan fingerprint density at radius 3 is 2.60 bits per heavy atom. The maximum Gasteiger partial charge on any atom is 0.416 e. The number of thioether (sulfide) groups is 1. The largest absolute Gasteiger partial charge is 0.463 e. The van der Waals surface area contributed by atoms with E-state index in [9.17, 15) is 22.8 Å². The third kappa shape index (κ3) is 5.31. The van der Waals surface area contributed by atoms with Crippen LogP contribution in [0.5, 0.6) is 0 Å². The van der Waals surface area contributed by atoms with Crippen molar-refractivity contribution in [3.8, 4) is 11.3 Å². The van der Waals surface area contributed by atoms with Gasteiger partial charge in [-0.05, 0) is 62.1 Å². The van der Waals surface area contributed by atoms with Crippen molar-refractivity contribution in [3.05, 3.63) is 109 Å². The summed E-state index contributed by atoms with van der Waals surface area (Å²) >= 11 is 2.71. The molecule has 0 radical (unpaired) electrons. The van der Waals surface area contributed by atoms with Gasteiger partial charge in [0, 0.05) is 16.5 Å². The summed E-state index contributed by atoms with van der Waals surface area (Å²) in [6.07, 6.45) is -0.996. The van der Waals surface area contributed by atoms with Crippen LogP contribution in [0.1, 0.15) is 36.8 Å². The molecule has 0 spiro atoms. The lowest BCUT2D eigenvalue weighted by atomic mass is 9.96. The predicted molar refractivity (Wildman–Crippen MR) is 148 cm³/mol. The van der Waals surface area contributed by atoms with Crippen molar-refractivity contribution in [2.45, 2.75) is 31.0 Å². The van der Waals surface area contributed by atoms with Crippen LogP contribution in [-0.4, -0.2) is 23.4 Å². The van der Waals surface area contributed by atoms with Crippen LogP contribution in [0.15, 0.2) is 91.0 Å². The maximum atomic E-state index is 13.7. The average Bonchev–Trinajstić information content (AvgIpc) is 3.52. The Morgan fingerprint density at radius 2 is 1.93 bits per heavy atom. The van der Waals surface area contributed by atoms with Crippen molar-refractivity contribution in [2.24, 2.45) is 4.99 Å². The van der Waals surface area contributed by atoms with E-state index in [0.717, 1.165) is 33.9 Å². The van der Waals surface area contributed by atoms with Crippen LogP contribution in [0, 0.1) is 0 Å². The van der Waals surface area contributed by atoms with E-state index in [4.69, 9.17) is 9.15 Å². The van der Waals surface area contributed by atoms with Gasteiger partial charge in [0.1, 0.15) is 11.5 Å². The predicted octanol–water partition coefficient (Wildman–Crippen LogP) is 5.80. The van der Waals surface area contributed by atoms with Crippen LogP contribution in [0.3, 0.4) is 0 Å². The number of carbonyl (C=O) groups is 1. The van der Waals surface area contributed by atoms with Gasteiger partial charge >= 0.3 is 12.1 Å². The molecule has 0 fully saturated rings. The van der Waals surface area contributed by atoms with Crippen molar-refractivity contribution < 1.29 is 27.1 Å². The molecule has 1 atom stereocenters. The number of hydrogen-bond donors (Lipinski definition) is 0. The highest BCUT2D eigenvalue weighted by Crippen LogP contribution is 2.33. The number of rotatable bonds is 6. The molecule has 0 saturated carbocycles. The normalized spacial score (nSPS) is 15.7. The van der Waals surface area contributed by atoms with Crippen molar-refractivity contribution >= 4 is 35.1 Å². The van der Waals surface area contributed by atoms with Gasteiger partial charge in [-0.2, -0.15) is 13.2 Å². The van der Waals surface area contributed by atoms with E-state index in [1.165, 1.54) is 22.8 Å². The fraction of sp³-hybridized carbons (Fsp3) is 0.207. The van der Waals surface area contributed by atoms with Crippen LogP contribution in [-0.2, 0) is 15.7 Å². The number of benzene rings is 2. The fourth-order valence-corrected chi connectivity index (χ4v) is 5.89. The van der Waals surface area contributed by atoms with Gasteiger partial charge in [-0.3, -0.25) is 9.36 Å². The van der Waals surface area contributed by atoms with E-state index < -0.39 is 23.8 Å². The zero-order valence-corrected chi connectivity index (χ0v) is 23.2. The number of aromatic nitrogens is 1. The number of alkyl halides is 3. The molecule has 0 saturated heterocycles. The molecular formula is C29H23F3N2O4S2. The highest BCUT2D eigenvalue weighted by molar-refractivity contribution is 7.98. The van der Waals surface area contributed by atoms with E-state index >= 15 is 0 Å². The molecule has 5 rings (SSSR count). The Kier molecular flexibility index (Phi) is 7.61. The molecular weight excluding hydrogens is 561 g/mol. The number of fused-ring (bicyclic) bond motifs is 1. The summed E-state index contributed by atoms with van der Waals surface area (Å²) in [6, 6.07) is 14.8. The molecule has 0 N–H and O–H groups in total. The monoisotopic (exact) mass is 584 g/mol. The molecule has 1 aliphatic rings. The maximum absolute atomic E-state index is 13.7. The number of nitrogens with zero attached hydrogens (tertiary/aromatic N) is 2. The molecule has 2 aromatic heterocycles. The molecule has 1 aliphatic heterocycles. The minimum atomic E-state index is -4.48. The van der Waals surface area contributed by atoms with E-state index in [0.29, 0.717) is 20.8 Å². The van der Waals surface area contributed by atoms with Gasteiger partial charge in [0.05, 0.1) is 34.0 Å². The highest BCUT2D eigenvalue weighted by atomic mass is 32.2. The van der Waals surface area contributed by atoms with Gasteiger partial charge in [-0.25, -0.2) is 9.79 Å². The van der Waals surface area contributed by atoms with E-state index in [2.05, 4.69) is 4.99 Å². The lowest BCUT2D eigenvalue weighted by molar-refractivity contribution is -0.139. The number of ether oxygens (including phenoxy) is 1. The van der Waals surface area contributed by atoms with Crippen LogP contribution in [0.2, 0.25) is 0 Å². The lowest BCUT2D eigenvalue weighted by Gasteiger charge is -2.24. The van der Waals surface area contributed by atoms with Gasteiger partial charge in [-0.1, -0.05) is 35.6 Å². The Bertz CT molecular complexity index is 1800. The lowest BCUT2D eigenvalue weighted by Crippen LogP contribution is -2.39. The summed E-state index contributed by atoms with van der Waals surface area (Å²) < 4.78 is 52.4. The molecule has 206 valence electrons. The molecule has 2 aromatic carbocycles. The first kappa shape index (κ1) is 27.7. The minimum Gasteiger partial charge on any atom is -0.463 e. The number of carbonyl (C=O) groups excluding carboxylic acids is 1. The Balaban J connectivity index is 1.60.